The second kappa shape index (κ2) is 9.29. The van der Waals surface area contributed by atoms with E-state index < -0.39 is 10.0 Å². The molecule has 2 aromatic rings. The molecule has 32 heavy (non-hydrogen) atoms. The summed E-state index contributed by atoms with van der Waals surface area (Å²) in [6, 6.07) is 4.86. The molecule has 0 amide bonds. The van der Waals surface area contributed by atoms with Gasteiger partial charge in [-0.1, -0.05) is 5.16 Å². The fraction of sp³-hybridized carbons (Fsp3) is 0.591. The second-order valence-electron chi connectivity index (χ2n) is 8.93. The third-order valence-corrected chi connectivity index (χ3v) is 8.37. The molecule has 174 valence electrons. The van der Waals surface area contributed by atoms with Gasteiger partial charge in [-0.05, 0) is 50.7 Å². The summed E-state index contributed by atoms with van der Waals surface area (Å²) in [5.74, 6) is 1.99. The number of anilines is 1. The molecule has 3 heterocycles. The average molecular weight is 462 g/mol. The van der Waals surface area contributed by atoms with Crippen LogP contribution in [0.2, 0.25) is 0 Å². The zero-order chi connectivity index (χ0) is 22.9. The van der Waals surface area contributed by atoms with Gasteiger partial charge in [0, 0.05) is 57.3 Å². The summed E-state index contributed by atoms with van der Waals surface area (Å²) in [7, 11) is -1.79. The van der Waals surface area contributed by atoms with E-state index in [-0.39, 0.29) is 22.6 Å². The Bertz CT molecular complexity index is 1050. The zero-order valence-corrected chi connectivity index (χ0v) is 19.4. The molecule has 2 aliphatic rings. The van der Waals surface area contributed by atoms with Crippen LogP contribution in [0.3, 0.4) is 0 Å². The van der Waals surface area contributed by atoms with Gasteiger partial charge in [-0.25, -0.2) is 13.4 Å². The van der Waals surface area contributed by atoms with E-state index in [1.807, 2.05) is 18.9 Å². The van der Waals surface area contributed by atoms with Crippen molar-refractivity contribution in [3.63, 3.8) is 0 Å². The first-order chi connectivity index (χ1) is 15.3. The van der Waals surface area contributed by atoms with Crippen LogP contribution in [0.1, 0.15) is 61.2 Å². The fourth-order valence-electron chi connectivity index (χ4n) is 4.33. The molecule has 2 atom stereocenters. The lowest BCUT2D eigenvalue weighted by Crippen LogP contribution is -2.44. The van der Waals surface area contributed by atoms with Gasteiger partial charge in [0.2, 0.25) is 10.0 Å². The lowest BCUT2D eigenvalue weighted by molar-refractivity contribution is 0.0923. The number of piperidine rings is 1. The lowest BCUT2D eigenvalue weighted by Gasteiger charge is -2.36. The van der Waals surface area contributed by atoms with Crippen LogP contribution in [0, 0.1) is 5.92 Å². The van der Waals surface area contributed by atoms with Gasteiger partial charge in [-0.15, -0.1) is 0 Å². The number of ketones is 1. The number of nitrogens with zero attached hydrogens (tertiary/aromatic N) is 4. The number of pyridine rings is 1. The Labute approximate surface area is 189 Å². The molecule has 4 rings (SSSR count). The zero-order valence-electron chi connectivity index (χ0n) is 18.6. The molecule has 2 aromatic heterocycles. The van der Waals surface area contributed by atoms with Crippen LogP contribution in [0.15, 0.2) is 33.8 Å². The number of hydrogen-bond acceptors (Lipinski definition) is 8. The van der Waals surface area contributed by atoms with E-state index >= 15 is 0 Å². The molecule has 0 unspecified atom stereocenters. The number of carbonyl (C=O) groups is 1. The lowest BCUT2D eigenvalue weighted by atomic mass is 9.88. The quantitative estimate of drug-likeness (QED) is 0.565. The summed E-state index contributed by atoms with van der Waals surface area (Å²) in [5, 5.41) is 3.94. The fourth-order valence-corrected chi connectivity index (χ4v) is 5.94. The van der Waals surface area contributed by atoms with Crippen LogP contribution < -0.4 is 10.6 Å². The summed E-state index contributed by atoms with van der Waals surface area (Å²) < 4.78 is 33.2. The van der Waals surface area contributed by atoms with Crippen LogP contribution in [0.5, 0.6) is 0 Å². The molecule has 2 fully saturated rings. The molecule has 1 saturated heterocycles. The third kappa shape index (κ3) is 4.87. The van der Waals surface area contributed by atoms with Crippen LogP contribution in [0.4, 0.5) is 5.82 Å². The van der Waals surface area contributed by atoms with E-state index in [1.54, 1.807) is 18.2 Å². The maximum atomic E-state index is 13.2. The minimum Gasteiger partial charge on any atom is -0.360 e. The summed E-state index contributed by atoms with van der Waals surface area (Å²) in [6.45, 7) is 3.40. The Kier molecular flexibility index (Phi) is 6.64. The van der Waals surface area contributed by atoms with Crippen molar-refractivity contribution in [1.29, 1.82) is 0 Å². The first kappa shape index (κ1) is 22.9. The summed E-state index contributed by atoms with van der Waals surface area (Å²) in [6.07, 6.45) is 5.21. The highest BCUT2D eigenvalue weighted by Gasteiger charge is 2.36. The molecular weight excluding hydrogens is 430 g/mol. The number of rotatable bonds is 9. The Morgan fingerprint density at radius 2 is 2.09 bits per heavy atom. The SMILES string of the molecule is C[C@H]1C[C@H](CC(=O)c2cc(C3CC3)on2)CCN1S(=O)(=O)c1ccc(N(C)CCN)nc1. The van der Waals surface area contributed by atoms with Crippen molar-refractivity contribution < 1.29 is 17.7 Å². The van der Waals surface area contributed by atoms with E-state index in [0.717, 1.165) is 18.6 Å². The maximum absolute atomic E-state index is 13.2. The first-order valence-corrected chi connectivity index (χ1v) is 12.6. The van der Waals surface area contributed by atoms with Gasteiger partial charge in [-0.2, -0.15) is 4.31 Å². The van der Waals surface area contributed by atoms with E-state index in [1.165, 1.54) is 10.5 Å². The number of carbonyl (C=O) groups excluding carboxylic acids is 1. The summed E-state index contributed by atoms with van der Waals surface area (Å²) in [5.41, 5.74) is 5.96. The summed E-state index contributed by atoms with van der Waals surface area (Å²) >= 11 is 0. The molecule has 0 aromatic carbocycles. The van der Waals surface area contributed by atoms with Crippen molar-refractivity contribution in [2.45, 2.75) is 55.9 Å². The molecule has 9 nitrogen and oxygen atoms in total. The number of likely N-dealkylation sites (N-methyl/N-ethyl adjacent to an activating group) is 1. The van der Waals surface area contributed by atoms with Gasteiger partial charge in [0.15, 0.2) is 5.78 Å². The van der Waals surface area contributed by atoms with Gasteiger partial charge < -0.3 is 15.2 Å². The molecule has 0 radical (unpaired) electrons. The molecule has 0 spiro atoms. The normalized spacial score (nSPS) is 22.1. The van der Waals surface area contributed by atoms with Crippen molar-refractivity contribution >= 4 is 21.6 Å². The minimum absolute atomic E-state index is 0.0319. The third-order valence-electron chi connectivity index (χ3n) is 6.37. The van der Waals surface area contributed by atoms with Crippen molar-refractivity contribution in [1.82, 2.24) is 14.4 Å². The number of hydrogen-bond donors (Lipinski definition) is 1. The van der Waals surface area contributed by atoms with Gasteiger partial charge in [0.25, 0.3) is 0 Å². The Morgan fingerprint density at radius 3 is 2.72 bits per heavy atom. The highest BCUT2D eigenvalue weighted by atomic mass is 32.2. The van der Waals surface area contributed by atoms with Crippen LogP contribution in [-0.2, 0) is 10.0 Å². The van der Waals surface area contributed by atoms with Gasteiger partial charge in [0.05, 0.1) is 0 Å². The highest BCUT2D eigenvalue weighted by molar-refractivity contribution is 7.89. The van der Waals surface area contributed by atoms with Crippen molar-refractivity contribution in [2.24, 2.45) is 11.7 Å². The van der Waals surface area contributed by atoms with E-state index in [0.29, 0.717) is 56.3 Å². The van der Waals surface area contributed by atoms with Crippen LogP contribution in [0.25, 0.3) is 0 Å². The van der Waals surface area contributed by atoms with Gasteiger partial charge in [0.1, 0.15) is 22.2 Å². The highest BCUT2D eigenvalue weighted by Crippen LogP contribution is 2.40. The maximum Gasteiger partial charge on any atom is 0.244 e. The molecule has 1 saturated carbocycles. The average Bonchev–Trinajstić information content (AvgIpc) is 3.50. The molecule has 1 aliphatic carbocycles. The van der Waals surface area contributed by atoms with Gasteiger partial charge in [-0.3, -0.25) is 4.79 Å². The van der Waals surface area contributed by atoms with E-state index in [9.17, 15) is 13.2 Å². The minimum atomic E-state index is -3.65. The molecule has 10 heteroatoms. The molecular formula is C22H31N5O4S. The van der Waals surface area contributed by atoms with E-state index in [4.69, 9.17) is 10.3 Å². The predicted molar refractivity (Wildman–Crippen MR) is 120 cm³/mol. The van der Waals surface area contributed by atoms with Gasteiger partial charge >= 0.3 is 0 Å². The van der Waals surface area contributed by atoms with Crippen molar-refractivity contribution in [3.05, 3.63) is 35.9 Å². The molecule has 2 N–H and O–H groups in total. The predicted octanol–water partition coefficient (Wildman–Crippen LogP) is 2.40. The monoisotopic (exact) mass is 461 g/mol. The smallest absolute Gasteiger partial charge is 0.244 e. The standard InChI is InChI=1S/C22H31N5O4S/c1-15-11-16(12-20(28)19-13-21(31-25-19)17-3-4-17)7-9-27(15)32(29,30)18-5-6-22(24-14-18)26(2)10-8-23/h5-6,13-17H,3-4,7-12,23H2,1-2H3/t15-,16+/m0/s1. The first-order valence-electron chi connectivity index (χ1n) is 11.2. The summed E-state index contributed by atoms with van der Waals surface area (Å²) in [4.78, 5) is 19.0. The van der Waals surface area contributed by atoms with Crippen molar-refractivity contribution in [2.75, 3.05) is 31.6 Å². The van der Waals surface area contributed by atoms with Crippen molar-refractivity contribution in [3.8, 4) is 0 Å². The van der Waals surface area contributed by atoms with E-state index in [2.05, 4.69) is 10.1 Å². The number of aromatic nitrogens is 2. The Balaban J connectivity index is 1.37. The molecule has 1 aliphatic heterocycles. The number of nitrogens with two attached hydrogens (primary N) is 1. The number of sulfonamides is 1. The number of Topliss-reactive ketones (excluding diaryl/α,β-unsaturated/α-hetero) is 1. The second-order valence-corrected chi connectivity index (χ2v) is 10.8. The Hall–Kier alpha value is -2.30. The van der Waals surface area contributed by atoms with Crippen LogP contribution in [-0.4, -0.2) is 61.4 Å². The topological polar surface area (TPSA) is 123 Å². The molecule has 0 bridgehead atoms. The van der Waals surface area contributed by atoms with Crippen LogP contribution >= 0.6 is 0 Å². The largest absolute Gasteiger partial charge is 0.360 e. The Morgan fingerprint density at radius 1 is 1.31 bits per heavy atom.